The van der Waals surface area contributed by atoms with E-state index in [9.17, 15) is 20.1 Å². The molecule has 112 valence electrons. The van der Waals surface area contributed by atoms with Gasteiger partial charge in [-0.3, -0.25) is 4.79 Å². The first-order chi connectivity index (χ1) is 10.5. The molecule has 0 atom stereocenters. The zero-order chi connectivity index (χ0) is 15.9. The second-order valence-corrected chi connectivity index (χ2v) is 4.64. The molecule has 0 amide bonds. The summed E-state index contributed by atoms with van der Waals surface area (Å²) in [4.78, 5) is 12.2. The van der Waals surface area contributed by atoms with Crippen LogP contribution in [0.3, 0.4) is 0 Å². The minimum Gasteiger partial charge on any atom is -0.504 e. The molecule has 0 aliphatic heterocycles. The average molecular weight is 300 g/mol. The van der Waals surface area contributed by atoms with Gasteiger partial charge in [-0.25, -0.2) is 0 Å². The molecule has 0 saturated carbocycles. The van der Waals surface area contributed by atoms with Gasteiger partial charge in [0.1, 0.15) is 22.5 Å². The van der Waals surface area contributed by atoms with Gasteiger partial charge in [0, 0.05) is 12.1 Å². The Hall–Kier alpha value is -3.15. The van der Waals surface area contributed by atoms with Crippen LogP contribution in [0, 0.1) is 0 Å². The van der Waals surface area contributed by atoms with Crippen LogP contribution in [0.5, 0.6) is 23.0 Å². The van der Waals surface area contributed by atoms with Gasteiger partial charge in [0.05, 0.1) is 12.7 Å². The Kier molecular flexibility index (Phi) is 3.14. The molecule has 0 unspecified atom stereocenters. The Balaban J connectivity index is 2.35. The number of phenols is 3. The fraction of sp³-hybridized carbons (Fsp3) is 0.0625. The van der Waals surface area contributed by atoms with Crippen molar-refractivity contribution >= 4 is 11.0 Å². The van der Waals surface area contributed by atoms with Crippen LogP contribution >= 0.6 is 0 Å². The van der Waals surface area contributed by atoms with Crippen LogP contribution in [0.2, 0.25) is 0 Å². The normalized spacial score (nSPS) is 10.8. The Morgan fingerprint density at radius 2 is 1.77 bits per heavy atom. The average Bonchev–Trinajstić information content (AvgIpc) is 2.52. The number of rotatable bonds is 2. The summed E-state index contributed by atoms with van der Waals surface area (Å²) in [6.45, 7) is 0. The molecule has 0 saturated heterocycles. The lowest BCUT2D eigenvalue weighted by Gasteiger charge is -2.09. The van der Waals surface area contributed by atoms with Gasteiger partial charge in [-0.1, -0.05) is 12.1 Å². The van der Waals surface area contributed by atoms with E-state index in [1.807, 2.05) is 0 Å². The maximum absolute atomic E-state index is 12.2. The summed E-state index contributed by atoms with van der Waals surface area (Å²) in [5.74, 6) is -1.32. The smallest absolute Gasteiger partial charge is 0.201 e. The van der Waals surface area contributed by atoms with Crippen molar-refractivity contribution in [3.05, 3.63) is 46.6 Å². The monoisotopic (exact) mass is 300 g/mol. The SMILES string of the molecule is COc1ccccc1-c1cc(=O)c2c(O)c(O)c(O)cc2o1. The highest BCUT2D eigenvalue weighted by atomic mass is 16.5. The van der Waals surface area contributed by atoms with Crippen molar-refractivity contribution in [1.82, 2.24) is 0 Å². The van der Waals surface area contributed by atoms with Crippen molar-refractivity contribution in [3.8, 4) is 34.3 Å². The van der Waals surface area contributed by atoms with Gasteiger partial charge in [0.25, 0.3) is 0 Å². The van der Waals surface area contributed by atoms with Crippen molar-refractivity contribution in [2.24, 2.45) is 0 Å². The van der Waals surface area contributed by atoms with E-state index in [-0.39, 0.29) is 16.7 Å². The molecule has 22 heavy (non-hydrogen) atoms. The second-order valence-electron chi connectivity index (χ2n) is 4.64. The molecule has 0 bridgehead atoms. The van der Waals surface area contributed by atoms with Gasteiger partial charge in [0.15, 0.2) is 16.9 Å². The number of ether oxygens (including phenoxy) is 1. The highest BCUT2D eigenvalue weighted by Crippen LogP contribution is 2.41. The summed E-state index contributed by atoms with van der Waals surface area (Å²) < 4.78 is 10.8. The lowest BCUT2D eigenvalue weighted by Crippen LogP contribution is -2.01. The predicted molar refractivity (Wildman–Crippen MR) is 79.5 cm³/mol. The second kappa shape index (κ2) is 5.00. The number of fused-ring (bicyclic) bond motifs is 1. The Morgan fingerprint density at radius 1 is 1.05 bits per heavy atom. The van der Waals surface area contributed by atoms with E-state index < -0.39 is 22.7 Å². The maximum Gasteiger partial charge on any atom is 0.201 e. The number of hydrogen-bond acceptors (Lipinski definition) is 6. The zero-order valence-corrected chi connectivity index (χ0v) is 11.5. The first kappa shape index (κ1) is 13.8. The molecule has 0 radical (unpaired) electrons. The van der Waals surface area contributed by atoms with Crippen LogP contribution < -0.4 is 10.2 Å². The zero-order valence-electron chi connectivity index (χ0n) is 11.5. The topological polar surface area (TPSA) is 100 Å². The summed E-state index contributed by atoms with van der Waals surface area (Å²) in [6.07, 6.45) is 0. The third-order valence-corrected chi connectivity index (χ3v) is 3.32. The van der Waals surface area contributed by atoms with Crippen LogP contribution in [0.1, 0.15) is 0 Å². The van der Waals surface area contributed by atoms with Crippen molar-refractivity contribution < 1.29 is 24.5 Å². The summed E-state index contributed by atoms with van der Waals surface area (Å²) in [6, 6.07) is 9.22. The first-order valence-electron chi connectivity index (χ1n) is 6.38. The van der Waals surface area contributed by atoms with Crippen LogP contribution in [-0.2, 0) is 0 Å². The number of para-hydroxylation sites is 1. The molecule has 1 aromatic heterocycles. The van der Waals surface area contributed by atoms with Crippen LogP contribution in [0.4, 0.5) is 0 Å². The summed E-state index contributed by atoms with van der Waals surface area (Å²) >= 11 is 0. The van der Waals surface area contributed by atoms with Crippen molar-refractivity contribution in [2.75, 3.05) is 7.11 Å². The molecular weight excluding hydrogens is 288 g/mol. The highest BCUT2D eigenvalue weighted by Gasteiger charge is 2.18. The van der Waals surface area contributed by atoms with Crippen molar-refractivity contribution in [1.29, 1.82) is 0 Å². The van der Waals surface area contributed by atoms with Gasteiger partial charge < -0.3 is 24.5 Å². The molecular formula is C16H12O6. The summed E-state index contributed by atoms with van der Waals surface area (Å²) in [5, 5.41) is 28.6. The highest BCUT2D eigenvalue weighted by molar-refractivity contribution is 5.89. The molecule has 2 aromatic carbocycles. The molecule has 0 aliphatic carbocycles. The van der Waals surface area contributed by atoms with Gasteiger partial charge in [0.2, 0.25) is 5.75 Å². The van der Waals surface area contributed by atoms with E-state index in [1.54, 1.807) is 24.3 Å². The number of benzene rings is 2. The molecule has 3 N–H and O–H groups in total. The van der Waals surface area contributed by atoms with Crippen molar-refractivity contribution in [3.63, 3.8) is 0 Å². The van der Waals surface area contributed by atoms with Gasteiger partial charge >= 0.3 is 0 Å². The number of aromatic hydroxyl groups is 3. The number of methoxy groups -OCH3 is 1. The standard InChI is InChI=1S/C16H12O6/c1-21-11-5-3-2-4-8(11)12-6-9(17)14-13(22-12)7-10(18)15(19)16(14)20/h2-7,18-20H,1H3. The third kappa shape index (κ3) is 2.01. The minimum atomic E-state index is -0.759. The lowest BCUT2D eigenvalue weighted by atomic mass is 10.1. The lowest BCUT2D eigenvalue weighted by molar-refractivity contribution is 0.370. The van der Waals surface area contributed by atoms with E-state index >= 15 is 0 Å². The molecule has 6 heteroatoms. The van der Waals surface area contributed by atoms with Crippen LogP contribution in [0.15, 0.2) is 45.6 Å². The molecule has 6 nitrogen and oxygen atoms in total. The molecule has 3 rings (SSSR count). The van der Waals surface area contributed by atoms with Crippen molar-refractivity contribution in [2.45, 2.75) is 0 Å². The summed E-state index contributed by atoms with van der Waals surface area (Å²) in [5.41, 5.74) is -0.0350. The predicted octanol–water partition coefficient (Wildman–Crippen LogP) is 2.59. The molecule has 0 fully saturated rings. The van der Waals surface area contributed by atoms with Crippen LogP contribution in [0.25, 0.3) is 22.3 Å². The number of phenolic OH excluding ortho intramolecular Hbond substituents is 3. The van der Waals surface area contributed by atoms with Gasteiger partial charge in [-0.15, -0.1) is 0 Å². The maximum atomic E-state index is 12.2. The van der Waals surface area contributed by atoms with Gasteiger partial charge in [-0.05, 0) is 12.1 Å². The molecule has 1 heterocycles. The Bertz CT molecular complexity index is 926. The molecule has 0 aliphatic rings. The quantitative estimate of drug-likeness (QED) is 0.629. The van der Waals surface area contributed by atoms with E-state index in [2.05, 4.69) is 0 Å². The van der Waals surface area contributed by atoms with Gasteiger partial charge in [-0.2, -0.15) is 0 Å². The Morgan fingerprint density at radius 3 is 2.50 bits per heavy atom. The molecule has 0 spiro atoms. The van der Waals surface area contributed by atoms with E-state index in [0.29, 0.717) is 11.3 Å². The molecule has 3 aromatic rings. The minimum absolute atomic E-state index is 0.0405. The fourth-order valence-electron chi connectivity index (χ4n) is 2.26. The van der Waals surface area contributed by atoms with Crippen LogP contribution in [-0.4, -0.2) is 22.4 Å². The van der Waals surface area contributed by atoms with E-state index in [1.165, 1.54) is 13.2 Å². The Labute approximate surface area is 124 Å². The summed E-state index contributed by atoms with van der Waals surface area (Å²) in [7, 11) is 1.49. The van der Waals surface area contributed by atoms with E-state index in [0.717, 1.165) is 6.07 Å². The van der Waals surface area contributed by atoms with E-state index in [4.69, 9.17) is 9.15 Å². The fourth-order valence-corrected chi connectivity index (χ4v) is 2.26. The third-order valence-electron chi connectivity index (χ3n) is 3.32. The largest absolute Gasteiger partial charge is 0.504 e. The first-order valence-corrected chi connectivity index (χ1v) is 6.38. The number of hydrogen-bond donors (Lipinski definition) is 3.